The number of rotatable bonds is 6. The smallest absolute Gasteiger partial charge is 0.158 e. The van der Waals surface area contributed by atoms with Crippen LogP contribution in [0.5, 0.6) is 0 Å². The standard InChI is InChI=1S/C15H25N3O/c1-3-13(4-2)18-10-7-12(17-18)11-14(19)15(16)8-5-6-9-15/h7,10,13H,3-6,8-9,11,16H2,1-2H3. The quantitative estimate of drug-likeness (QED) is 0.858. The minimum absolute atomic E-state index is 0.153. The van der Waals surface area contributed by atoms with Gasteiger partial charge in [0.25, 0.3) is 0 Å². The summed E-state index contributed by atoms with van der Waals surface area (Å²) in [7, 11) is 0. The lowest BCUT2D eigenvalue weighted by atomic mass is 9.91. The lowest BCUT2D eigenvalue weighted by molar-refractivity contribution is -0.123. The van der Waals surface area contributed by atoms with Crippen molar-refractivity contribution >= 4 is 5.78 Å². The van der Waals surface area contributed by atoms with Gasteiger partial charge in [0.05, 0.1) is 23.7 Å². The maximum Gasteiger partial charge on any atom is 0.158 e. The van der Waals surface area contributed by atoms with Gasteiger partial charge in [-0.3, -0.25) is 9.48 Å². The Kier molecular flexibility index (Phi) is 4.40. The van der Waals surface area contributed by atoms with Crippen molar-refractivity contribution in [2.24, 2.45) is 5.73 Å². The number of ketones is 1. The van der Waals surface area contributed by atoms with Gasteiger partial charge in [-0.15, -0.1) is 0 Å². The van der Waals surface area contributed by atoms with Gasteiger partial charge in [-0.1, -0.05) is 26.7 Å². The van der Waals surface area contributed by atoms with E-state index in [2.05, 4.69) is 18.9 Å². The van der Waals surface area contributed by atoms with Crippen molar-refractivity contribution < 1.29 is 4.79 Å². The molecule has 1 fully saturated rings. The molecule has 0 atom stereocenters. The van der Waals surface area contributed by atoms with E-state index in [0.29, 0.717) is 12.5 Å². The molecular formula is C15H25N3O. The summed E-state index contributed by atoms with van der Waals surface area (Å²) in [6.07, 6.45) is 8.30. The van der Waals surface area contributed by atoms with E-state index in [1.165, 1.54) is 0 Å². The molecule has 0 saturated heterocycles. The first-order valence-corrected chi connectivity index (χ1v) is 7.45. The second-order valence-electron chi connectivity index (χ2n) is 5.72. The average Bonchev–Trinajstić information content (AvgIpc) is 3.02. The average molecular weight is 263 g/mol. The lowest BCUT2D eigenvalue weighted by Gasteiger charge is -2.21. The molecule has 0 spiro atoms. The van der Waals surface area contributed by atoms with Crippen LogP contribution in [0, 0.1) is 0 Å². The topological polar surface area (TPSA) is 60.9 Å². The molecule has 4 heteroatoms. The highest BCUT2D eigenvalue weighted by Crippen LogP contribution is 2.29. The van der Waals surface area contributed by atoms with E-state index >= 15 is 0 Å². The molecule has 1 aliphatic rings. The molecule has 2 rings (SSSR count). The Balaban J connectivity index is 2.01. The molecule has 2 N–H and O–H groups in total. The summed E-state index contributed by atoms with van der Waals surface area (Å²) in [6, 6.07) is 2.39. The Hall–Kier alpha value is -1.16. The van der Waals surface area contributed by atoms with Crippen LogP contribution in [0.2, 0.25) is 0 Å². The molecule has 1 saturated carbocycles. The Morgan fingerprint density at radius 2 is 2.05 bits per heavy atom. The monoisotopic (exact) mass is 263 g/mol. The third-order valence-electron chi connectivity index (χ3n) is 4.37. The Labute approximate surface area is 115 Å². The molecule has 1 aromatic rings. The van der Waals surface area contributed by atoms with Crippen molar-refractivity contribution in [2.45, 2.75) is 70.4 Å². The number of carbonyl (C=O) groups is 1. The summed E-state index contributed by atoms with van der Waals surface area (Å²) in [5.41, 5.74) is 6.46. The number of hydrogen-bond acceptors (Lipinski definition) is 3. The molecule has 1 aliphatic carbocycles. The van der Waals surface area contributed by atoms with Gasteiger partial charge in [0.1, 0.15) is 0 Å². The summed E-state index contributed by atoms with van der Waals surface area (Å²) in [4.78, 5) is 12.3. The first-order valence-electron chi connectivity index (χ1n) is 7.45. The Bertz CT molecular complexity index is 428. The number of nitrogens with zero attached hydrogens (tertiary/aromatic N) is 2. The van der Waals surface area contributed by atoms with Gasteiger partial charge in [-0.2, -0.15) is 5.10 Å². The van der Waals surface area contributed by atoms with E-state index < -0.39 is 5.54 Å². The summed E-state index contributed by atoms with van der Waals surface area (Å²) < 4.78 is 1.99. The number of hydrogen-bond donors (Lipinski definition) is 1. The highest BCUT2D eigenvalue weighted by Gasteiger charge is 2.36. The van der Waals surface area contributed by atoms with Crippen LogP contribution in [0.25, 0.3) is 0 Å². The van der Waals surface area contributed by atoms with Gasteiger partial charge >= 0.3 is 0 Å². The number of Topliss-reactive ketones (excluding diaryl/α,β-unsaturated/α-hetero) is 1. The van der Waals surface area contributed by atoms with Crippen LogP contribution in [-0.4, -0.2) is 21.1 Å². The van der Waals surface area contributed by atoms with E-state index in [-0.39, 0.29) is 5.78 Å². The maximum atomic E-state index is 12.3. The second-order valence-corrected chi connectivity index (χ2v) is 5.72. The summed E-state index contributed by atoms with van der Waals surface area (Å²) >= 11 is 0. The highest BCUT2D eigenvalue weighted by molar-refractivity contribution is 5.89. The van der Waals surface area contributed by atoms with Gasteiger partial charge in [0, 0.05) is 6.20 Å². The van der Waals surface area contributed by atoms with Crippen LogP contribution in [0.4, 0.5) is 0 Å². The van der Waals surface area contributed by atoms with Crippen LogP contribution in [-0.2, 0) is 11.2 Å². The Morgan fingerprint density at radius 3 is 2.63 bits per heavy atom. The molecule has 19 heavy (non-hydrogen) atoms. The molecule has 0 unspecified atom stereocenters. The van der Waals surface area contributed by atoms with Gasteiger partial charge in [0.15, 0.2) is 5.78 Å². The van der Waals surface area contributed by atoms with Gasteiger partial charge in [0.2, 0.25) is 0 Å². The van der Waals surface area contributed by atoms with Crippen molar-refractivity contribution in [2.75, 3.05) is 0 Å². The molecule has 0 radical (unpaired) electrons. The predicted octanol–water partition coefficient (Wildman–Crippen LogP) is 2.63. The summed E-state index contributed by atoms with van der Waals surface area (Å²) in [6.45, 7) is 4.32. The highest BCUT2D eigenvalue weighted by atomic mass is 16.1. The minimum atomic E-state index is -0.585. The molecule has 1 aromatic heterocycles. The number of carbonyl (C=O) groups excluding carboxylic acids is 1. The zero-order valence-electron chi connectivity index (χ0n) is 12.1. The van der Waals surface area contributed by atoms with Gasteiger partial charge < -0.3 is 5.73 Å². The fourth-order valence-corrected chi connectivity index (χ4v) is 2.96. The van der Waals surface area contributed by atoms with E-state index in [1.807, 2.05) is 16.9 Å². The van der Waals surface area contributed by atoms with Gasteiger partial charge in [-0.25, -0.2) is 0 Å². The molecule has 106 valence electrons. The van der Waals surface area contributed by atoms with Gasteiger partial charge in [-0.05, 0) is 31.7 Å². The van der Waals surface area contributed by atoms with Crippen LogP contribution in [0.3, 0.4) is 0 Å². The molecule has 0 bridgehead atoms. The van der Waals surface area contributed by atoms with Crippen molar-refractivity contribution in [3.8, 4) is 0 Å². The van der Waals surface area contributed by atoms with Crippen molar-refractivity contribution in [3.05, 3.63) is 18.0 Å². The predicted molar refractivity (Wildman–Crippen MR) is 75.9 cm³/mol. The molecule has 4 nitrogen and oxygen atoms in total. The van der Waals surface area contributed by atoms with Crippen LogP contribution >= 0.6 is 0 Å². The van der Waals surface area contributed by atoms with E-state index in [1.54, 1.807) is 0 Å². The SMILES string of the molecule is CCC(CC)n1ccc(CC(=O)C2(N)CCCC2)n1. The van der Waals surface area contributed by atoms with Crippen molar-refractivity contribution in [1.82, 2.24) is 9.78 Å². The zero-order valence-corrected chi connectivity index (χ0v) is 12.1. The zero-order chi connectivity index (χ0) is 13.9. The third-order valence-corrected chi connectivity index (χ3v) is 4.37. The van der Waals surface area contributed by atoms with Crippen LogP contribution in [0.15, 0.2) is 12.3 Å². The number of nitrogens with two attached hydrogens (primary N) is 1. The van der Waals surface area contributed by atoms with E-state index in [9.17, 15) is 4.79 Å². The molecular weight excluding hydrogens is 238 g/mol. The van der Waals surface area contributed by atoms with E-state index in [0.717, 1.165) is 44.2 Å². The first kappa shape index (κ1) is 14.3. The summed E-state index contributed by atoms with van der Waals surface area (Å²) in [5.74, 6) is 0.153. The lowest BCUT2D eigenvalue weighted by Crippen LogP contribution is -2.46. The minimum Gasteiger partial charge on any atom is -0.319 e. The third kappa shape index (κ3) is 3.06. The fraction of sp³-hybridized carbons (Fsp3) is 0.733. The molecule has 0 aliphatic heterocycles. The molecule has 0 amide bonds. The second kappa shape index (κ2) is 5.87. The van der Waals surface area contributed by atoms with Crippen molar-refractivity contribution in [3.63, 3.8) is 0 Å². The fourth-order valence-electron chi connectivity index (χ4n) is 2.96. The van der Waals surface area contributed by atoms with Crippen LogP contribution in [0.1, 0.15) is 64.1 Å². The van der Waals surface area contributed by atoms with Crippen LogP contribution < -0.4 is 5.73 Å². The normalized spacial score (nSPS) is 18.1. The largest absolute Gasteiger partial charge is 0.319 e. The Morgan fingerprint density at radius 1 is 1.42 bits per heavy atom. The maximum absolute atomic E-state index is 12.3. The summed E-state index contributed by atoms with van der Waals surface area (Å²) in [5, 5.41) is 4.54. The van der Waals surface area contributed by atoms with E-state index in [4.69, 9.17) is 5.73 Å². The van der Waals surface area contributed by atoms with Crippen molar-refractivity contribution in [1.29, 1.82) is 0 Å². The molecule has 1 heterocycles. The first-order chi connectivity index (χ1) is 9.09. The number of aromatic nitrogens is 2. The molecule has 0 aromatic carbocycles.